The Labute approximate surface area is 106 Å². The van der Waals surface area contributed by atoms with Crippen molar-refractivity contribution < 1.29 is 15.0 Å². The molecule has 0 unspecified atom stereocenters. The number of rotatable bonds is 3. The van der Waals surface area contributed by atoms with Crippen molar-refractivity contribution in [3.8, 4) is 5.75 Å². The molecule has 0 saturated heterocycles. The van der Waals surface area contributed by atoms with E-state index in [0.717, 1.165) is 18.4 Å². The molecule has 4 heteroatoms. The quantitative estimate of drug-likeness (QED) is 0.769. The lowest BCUT2D eigenvalue weighted by Gasteiger charge is -2.28. The normalized spacial score (nSPS) is 18.5. The van der Waals surface area contributed by atoms with Crippen LogP contribution in [-0.2, 0) is 0 Å². The second kappa shape index (κ2) is 5.40. The molecule has 98 valence electrons. The summed E-state index contributed by atoms with van der Waals surface area (Å²) in [5, 5.41) is 18.5. The molecule has 1 atom stereocenters. The van der Waals surface area contributed by atoms with Gasteiger partial charge >= 0.3 is 5.97 Å². The first-order chi connectivity index (χ1) is 8.59. The maximum absolute atomic E-state index is 11.0. The zero-order valence-corrected chi connectivity index (χ0v) is 10.3. The molecule has 4 N–H and O–H groups in total. The molecule has 1 aliphatic rings. The van der Waals surface area contributed by atoms with E-state index in [9.17, 15) is 9.90 Å². The number of hydrogen-bond acceptors (Lipinski definition) is 3. The van der Waals surface area contributed by atoms with Crippen LogP contribution in [0.2, 0.25) is 0 Å². The van der Waals surface area contributed by atoms with E-state index >= 15 is 0 Å². The van der Waals surface area contributed by atoms with E-state index in [1.54, 1.807) is 6.07 Å². The molecule has 1 aromatic carbocycles. The molecule has 1 aliphatic carbocycles. The van der Waals surface area contributed by atoms with Gasteiger partial charge in [0, 0.05) is 6.04 Å². The summed E-state index contributed by atoms with van der Waals surface area (Å²) in [6.45, 7) is 0. The third-order valence-corrected chi connectivity index (χ3v) is 3.79. The van der Waals surface area contributed by atoms with Crippen LogP contribution in [0.15, 0.2) is 18.2 Å². The molecular weight excluding hydrogens is 230 g/mol. The average molecular weight is 249 g/mol. The fourth-order valence-electron chi connectivity index (χ4n) is 2.70. The third kappa shape index (κ3) is 2.64. The summed E-state index contributed by atoms with van der Waals surface area (Å²) in [5.74, 6) is -0.905. The third-order valence-electron chi connectivity index (χ3n) is 3.79. The minimum absolute atomic E-state index is 0.0706. The van der Waals surface area contributed by atoms with Crippen LogP contribution in [0.3, 0.4) is 0 Å². The Bertz CT molecular complexity index is 439. The van der Waals surface area contributed by atoms with Gasteiger partial charge in [-0.05, 0) is 36.5 Å². The molecule has 0 radical (unpaired) electrons. The number of aromatic carboxylic acids is 1. The Morgan fingerprint density at radius 3 is 2.56 bits per heavy atom. The van der Waals surface area contributed by atoms with E-state index in [1.807, 2.05) is 0 Å². The van der Waals surface area contributed by atoms with Crippen molar-refractivity contribution in [2.24, 2.45) is 11.7 Å². The van der Waals surface area contributed by atoms with Gasteiger partial charge in [-0.25, -0.2) is 4.79 Å². The van der Waals surface area contributed by atoms with Crippen molar-refractivity contribution in [2.75, 3.05) is 0 Å². The van der Waals surface area contributed by atoms with Crippen LogP contribution in [0.1, 0.15) is 54.1 Å². The van der Waals surface area contributed by atoms with Crippen molar-refractivity contribution in [2.45, 2.75) is 38.1 Å². The average Bonchev–Trinajstić information content (AvgIpc) is 2.39. The van der Waals surface area contributed by atoms with Crippen molar-refractivity contribution in [1.82, 2.24) is 0 Å². The Morgan fingerprint density at radius 1 is 1.28 bits per heavy atom. The van der Waals surface area contributed by atoms with Crippen LogP contribution in [0.5, 0.6) is 5.75 Å². The van der Waals surface area contributed by atoms with Crippen LogP contribution in [0.25, 0.3) is 0 Å². The van der Waals surface area contributed by atoms with Gasteiger partial charge in [-0.1, -0.05) is 25.3 Å². The first-order valence-electron chi connectivity index (χ1n) is 6.41. The molecule has 0 bridgehead atoms. The first-order valence-corrected chi connectivity index (χ1v) is 6.41. The van der Waals surface area contributed by atoms with Crippen LogP contribution < -0.4 is 5.73 Å². The summed E-state index contributed by atoms with van der Waals surface area (Å²) in [7, 11) is 0. The predicted octanol–water partition coefficient (Wildman–Crippen LogP) is 2.67. The maximum atomic E-state index is 11.0. The lowest BCUT2D eigenvalue weighted by atomic mass is 9.81. The number of carbonyl (C=O) groups is 1. The van der Waals surface area contributed by atoms with Gasteiger partial charge in [-0.2, -0.15) is 0 Å². The molecule has 1 fully saturated rings. The highest BCUT2D eigenvalue weighted by Crippen LogP contribution is 2.34. The number of carboxylic acids is 1. The van der Waals surface area contributed by atoms with Gasteiger partial charge in [0.05, 0.1) is 0 Å². The van der Waals surface area contributed by atoms with E-state index in [1.165, 1.54) is 31.4 Å². The Balaban J connectivity index is 2.21. The van der Waals surface area contributed by atoms with Gasteiger partial charge in [0.1, 0.15) is 11.3 Å². The number of benzene rings is 1. The molecule has 1 aromatic rings. The highest BCUT2D eigenvalue weighted by molar-refractivity contribution is 5.90. The molecule has 0 heterocycles. The lowest BCUT2D eigenvalue weighted by Crippen LogP contribution is -2.23. The zero-order chi connectivity index (χ0) is 13.1. The number of phenols is 1. The van der Waals surface area contributed by atoms with Crippen LogP contribution in [-0.4, -0.2) is 16.2 Å². The number of aromatic hydroxyl groups is 1. The molecule has 1 saturated carbocycles. The molecule has 0 amide bonds. The van der Waals surface area contributed by atoms with Crippen molar-refractivity contribution in [1.29, 1.82) is 0 Å². The minimum Gasteiger partial charge on any atom is -0.507 e. The van der Waals surface area contributed by atoms with E-state index in [4.69, 9.17) is 10.8 Å². The number of hydrogen-bond donors (Lipinski definition) is 3. The minimum atomic E-state index is -1.12. The molecule has 2 rings (SSSR count). The number of carboxylic acid groups (broad SMARTS) is 1. The van der Waals surface area contributed by atoms with Crippen molar-refractivity contribution in [3.63, 3.8) is 0 Å². The van der Waals surface area contributed by atoms with E-state index in [2.05, 4.69) is 0 Å². The molecular formula is C14H19NO3. The Hall–Kier alpha value is -1.55. The van der Waals surface area contributed by atoms with Crippen LogP contribution in [0, 0.1) is 5.92 Å². The number of nitrogens with two attached hydrogens (primary N) is 1. The maximum Gasteiger partial charge on any atom is 0.339 e. The smallest absolute Gasteiger partial charge is 0.339 e. The highest BCUT2D eigenvalue weighted by atomic mass is 16.4. The van der Waals surface area contributed by atoms with Gasteiger partial charge in [-0.15, -0.1) is 0 Å². The SMILES string of the molecule is N[C@@H](c1ccc(O)c(C(=O)O)c1)C1CCCCC1. The monoisotopic (exact) mass is 249 g/mol. The van der Waals surface area contributed by atoms with Crippen LogP contribution in [0.4, 0.5) is 0 Å². The predicted molar refractivity (Wildman–Crippen MR) is 68.6 cm³/mol. The summed E-state index contributed by atoms with van der Waals surface area (Å²) in [6, 6.07) is 4.50. The fraction of sp³-hybridized carbons (Fsp3) is 0.500. The summed E-state index contributed by atoms with van der Waals surface area (Å²) in [4.78, 5) is 11.0. The van der Waals surface area contributed by atoms with Gasteiger partial charge in [0.2, 0.25) is 0 Å². The Kier molecular flexibility index (Phi) is 3.87. The Morgan fingerprint density at radius 2 is 1.94 bits per heavy atom. The molecule has 0 aromatic heterocycles. The molecule has 4 nitrogen and oxygen atoms in total. The largest absolute Gasteiger partial charge is 0.507 e. The zero-order valence-electron chi connectivity index (χ0n) is 10.3. The van der Waals surface area contributed by atoms with Crippen molar-refractivity contribution >= 4 is 5.97 Å². The van der Waals surface area contributed by atoms with E-state index < -0.39 is 5.97 Å². The second-order valence-corrected chi connectivity index (χ2v) is 5.01. The molecule has 18 heavy (non-hydrogen) atoms. The first kappa shape index (κ1) is 12.9. The van der Waals surface area contributed by atoms with Gasteiger partial charge in [0.25, 0.3) is 0 Å². The van der Waals surface area contributed by atoms with Crippen LogP contribution >= 0.6 is 0 Å². The highest BCUT2D eigenvalue weighted by Gasteiger charge is 2.23. The van der Waals surface area contributed by atoms with E-state index in [0.29, 0.717) is 5.92 Å². The second-order valence-electron chi connectivity index (χ2n) is 5.01. The summed E-state index contributed by atoms with van der Waals surface area (Å²) >= 11 is 0. The summed E-state index contributed by atoms with van der Waals surface area (Å²) in [5.41, 5.74) is 6.95. The molecule has 0 spiro atoms. The lowest BCUT2D eigenvalue weighted by molar-refractivity contribution is 0.0693. The fourth-order valence-corrected chi connectivity index (χ4v) is 2.70. The van der Waals surface area contributed by atoms with Gasteiger partial charge in [0.15, 0.2) is 0 Å². The summed E-state index contributed by atoms with van der Waals surface area (Å²) in [6.07, 6.45) is 5.86. The summed E-state index contributed by atoms with van der Waals surface area (Å²) < 4.78 is 0. The van der Waals surface area contributed by atoms with E-state index in [-0.39, 0.29) is 17.4 Å². The van der Waals surface area contributed by atoms with Crippen molar-refractivity contribution in [3.05, 3.63) is 29.3 Å². The molecule has 0 aliphatic heterocycles. The standard InChI is InChI=1S/C14H19NO3/c15-13(9-4-2-1-3-5-9)10-6-7-12(16)11(8-10)14(17)18/h6-9,13,16H,1-5,15H2,(H,17,18)/t13-/m1/s1. The van der Waals surface area contributed by atoms with Gasteiger partial charge < -0.3 is 15.9 Å². The topological polar surface area (TPSA) is 83.5 Å². The van der Waals surface area contributed by atoms with Gasteiger partial charge in [-0.3, -0.25) is 0 Å².